The minimum atomic E-state index is -0.431. The molecule has 166 valence electrons. The van der Waals surface area contributed by atoms with Gasteiger partial charge in [0.05, 0.1) is 12.5 Å². The molecule has 2 heterocycles. The molecular formula is C25H20N2O6. The Bertz CT molecular complexity index is 1390. The van der Waals surface area contributed by atoms with Crippen molar-refractivity contribution in [3.63, 3.8) is 0 Å². The van der Waals surface area contributed by atoms with Crippen molar-refractivity contribution in [2.45, 2.75) is 6.92 Å². The summed E-state index contributed by atoms with van der Waals surface area (Å²) in [4.78, 5) is 25.6. The van der Waals surface area contributed by atoms with Crippen LogP contribution in [0.5, 0.6) is 17.2 Å². The Hall–Kier alpha value is -4.46. The number of amides is 2. The van der Waals surface area contributed by atoms with Crippen LogP contribution in [0.15, 0.2) is 65.1 Å². The van der Waals surface area contributed by atoms with Crippen LogP contribution < -0.4 is 24.8 Å². The van der Waals surface area contributed by atoms with Crippen molar-refractivity contribution in [1.29, 1.82) is 0 Å². The Morgan fingerprint density at radius 1 is 0.879 bits per heavy atom. The zero-order valence-corrected chi connectivity index (χ0v) is 17.9. The topological polar surface area (TPSA) is 99.0 Å². The second-order valence-electron chi connectivity index (χ2n) is 7.52. The lowest BCUT2D eigenvalue weighted by Gasteiger charge is -2.07. The highest BCUT2D eigenvalue weighted by Gasteiger charge is 2.23. The molecule has 0 radical (unpaired) electrons. The molecule has 33 heavy (non-hydrogen) atoms. The van der Waals surface area contributed by atoms with E-state index in [0.717, 1.165) is 5.56 Å². The molecular weight excluding hydrogens is 424 g/mol. The molecule has 0 saturated heterocycles. The van der Waals surface area contributed by atoms with E-state index in [4.69, 9.17) is 18.6 Å². The van der Waals surface area contributed by atoms with E-state index in [0.29, 0.717) is 39.4 Å². The fraction of sp³-hybridized carbons (Fsp3) is 0.120. The van der Waals surface area contributed by atoms with Gasteiger partial charge in [-0.15, -0.1) is 0 Å². The lowest BCUT2D eigenvalue weighted by atomic mass is 10.1. The third kappa shape index (κ3) is 3.94. The zero-order chi connectivity index (χ0) is 22.9. The first-order valence-electron chi connectivity index (χ1n) is 10.2. The summed E-state index contributed by atoms with van der Waals surface area (Å²) in [5, 5.41) is 6.23. The number of ether oxygens (including phenoxy) is 3. The predicted molar refractivity (Wildman–Crippen MR) is 122 cm³/mol. The average molecular weight is 444 g/mol. The van der Waals surface area contributed by atoms with Crippen LogP contribution in [-0.4, -0.2) is 25.7 Å². The molecule has 1 aliphatic heterocycles. The normalized spacial score (nSPS) is 11.9. The lowest BCUT2D eigenvalue weighted by molar-refractivity contribution is 0.0992. The molecule has 2 N–H and O–H groups in total. The van der Waals surface area contributed by atoms with Crippen molar-refractivity contribution >= 4 is 34.2 Å². The van der Waals surface area contributed by atoms with Gasteiger partial charge in [-0.25, -0.2) is 0 Å². The van der Waals surface area contributed by atoms with E-state index in [1.165, 1.54) is 7.11 Å². The molecule has 0 spiro atoms. The van der Waals surface area contributed by atoms with Gasteiger partial charge in [0, 0.05) is 16.9 Å². The number of benzene rings is 3. The van der Waals surface area contributed by atoms with Gasteiger partial charge in [0.25, 0.3) is 11.8 Å². The molecule has 8 heteroatoms. The Balaban J connectivity index is 1.40. The van der Waals surface area contributed by atoms with Crippen LogP contribution in [0.2, 0.25) is 0 Å². The molecule has 0 unspecified atom stereocenters. The van der Waals surface area contributed by atoms with E-state index in [2.05, 4.69) is 10.6 Å². The molecule has 1 aliphatic rings. The first kappa shape index (κ1) is 20.4. The first-order valence-corrected chi connectivity index (χ1v) is 10.2. The van der Waals surface area contributed by atoms with Crippen LogP contribution in [0.1, 0.15) is 26.5 Å². The predicted octanol–water partition coefficient (Wildman–Crippen LogP) is 4.98. The maximum absolute atomic E-state index is 12.8. The van der Waals surface area contributed by atoms with Crippen molar-refractivity contribution in [3.05, 3.63) is 77.6 Å². The van der Waals surface area contributed by atoms with Gasteiger partial charge >= 0.3 is 0 Å². The smallest absolute Gasteiger partial charge is 0.295 e. The van der Waals surface area contributed by atoms with E-state index in [1.807, 2.05) is 25.1 Å². The quantitative estimate of drug-likeness (QED) is 0.450. The Kier molecular flexibility index (Phi) is 5.10. The van der Waals surface area contributed by atoms with Gasteiger partial charge < -0.3 is 29.3 Å². The molecule has 3 aromatic carbocycles. The van der Waals surface area contributed by atoms with Crippen molar-refractivity contribution in [2.75, 3.05) is 24.5 Å². The number of hydrogen-bond donors (Lipinski definition) is 2. The summed E-state index contributed by atoms with van der Waals surface area (Å²) in [5.74, 6) is 0.723. The van der Waals surface area contributed by atoms with E-state index in [1.54, 1.807) is 42.5 Å². The van der Waals surface area contributed by atoms with Crippen molar-refractivity contribution < 1.29 is 28.2 Å². The minimum absolute atomic E-state index is 0.0493. The molecule has 5 rings (SSSR count). The second kappa shape index (κ2) is 8.23. The van der Waals surface area contributed by atoms with Gasteiger partial charge in [0.15, 0.2) is 17.2 Å². The van der Waals surface area contributed by atoms with Gasteiger partial charge in [0.2, 0.25) is 12.6 Å². The Morgan fingerprint density at radius 3 is 2.48 bits per heavy atom. The van der Waals surface area contributed by atoms with Gasteiger partial charge in [0.1, 0.15) is 5.58 Å². The van der Waals surface area contributed by atoms with Crippen molar-refractivity contribution in [1.82, 2.24) is 0 Å². The van der Waals surface area contributed by atoms with Gasteiger partial charge in [-0.05, 0) is 61.0 Å². The molecule has 0 aliphatic carbocycles. The molecule has 0 bridgehead atoms. The van der Waals surface area contributed by atoms with E-state index in [-0.39, 0.29) is 24.2 Å². The van der Waals surface area contributed by atoms with E-state index < -0.39 is 5.91 Å². The van der Waals surface area contributed by atoms with Gasteiger partial charge in [-0.3, -0.25) is 9.59 Å². The number of anilines is 2. The SMILES string of the molecule is COc1c(C(=O)Nc2cccc(C)c2)oc2ccc(NC(=O)c3ccc4c(c3)OCO4)cc12. The molecule has 4 aromatic rings. The Morgan fingerprint density at radius 2 is 1.67 bits per heavy atom. The highest BCUT2D eigenvalue weighted by Crippen LogP contribution is 2.36. The highest BCUT2D eigenvalue weighted by atomic mass is 16.7. The second-order valence-corrected chi connectivity index (χ2v) is 7.52. The number of furan rings is 1. The summed E-state index contributed by atoms with van der Waals surface area (Å²) >= 11 is 0. The number of carbonyl (C=O) groups excluding carboxylic acids is 2. The molecule has 0 atom stereocenters. The Labute approximate surface area is 189 Å². The van der Waals surface area contributed by atoms with Crippen molar-refractivity contribution in [2.24, 2.45) is 0 Å². The summed E-state index contributed by atoms with van der Waals surface area (Å²) in [6.07, 6.45) is 0. The largest absolute Gasteiger partial charge is 0.492 e. The first-order chi connectivity index (χ1) is 16.0. The van der Waals surface area contributed by atoms with E-state index >= 15 is 0 Å². The molecule has 0 saturated carbocycles. The fourth-order valence-electron chi connectivity index (χ4n) is 3.66. The van der Waals surface area contributed by atoms with Crippen molar-refractivity contribution in [3.8, 4) is 17.2 Å². The standard InChI is InChI=1S/C25H20N2O6/c1-14-4-3-5-16(10-14)27-25(29)23-22(30-2)18-12-17(7-9-19(18)33-23)26-24(28)15-6-8-20-21(11-15)32-13-31-20/h3-12H,13H2,1-2H3,(H,26,28)(H,27,29). The minimum Gasteiger partial charge on any atom is -0.492 e. The molecule has 8 nitrogen and oxygen atoms in total. The number of carbonyl (C=O) groups is 2. The number of fused-ring (bicyclic) bond motifs is 2. The number of rotatable bonds is 5. The summed E-state index contributed by atoms with van der Waals surface area (Å²) < 4.78 is 21.9. The van der Waals surface area contributed by atoms with Gasteiger partial charge in [-0.2, -0.15) is 0 Å². The summed E-state index contributed by atoms with van der Waals surface area (Å²) in [6.45, 7) is 2.08. The lowest BCUT2D eigenvalue weighted by Crippen LogP contribution is -2.12. The average Bonchev–Trinajstić information content (AvgIpc) is 3.42. The van der Waals surface area contributed by atoms with Crippen LogP contribution in [0, 0.1) is 6.92 Å². The van der Waals surface area contributed by atoms with Crippen LogP contribution in [0.25, 0.3) is 11.0 Å². The number of aryl methyl sites for hydroxylation is 1. The maximum Gasteiger partial charge on any atom is 0.295 e. The third-order valence-electron chi connectivity index (χ3n) is 5.22. The van der Waals surface area contributed by atoms with Crippen LogP contribution in [0.4, 0.5) is 11.4 Å². The summed E-state index contributed by atoms with van der Waals surface area (Å²) in [5.41, 5.74) is 3.08. The van der Waals surface area contributed by atoms with Crippen LogP contribution in [0.3, 0.4) is 0 Å². The number of nitrogens with one attached hydrogen (secondary N) is 2. The number of methoxy groups -OCH3 is 1. The monoisotopic (exact) mass is 444 g/mol. The fourth-order valence-corrected chi connectivity index (χ4v) is 3.66. The summed E-state index contributed by atoms with van der Waals surface area (Å²) in [6, 6.07) is 17.5. The molecule has 1 aromatic heterocycles. The molecule has 0 fully saturated rings. The third-order valence-corrected chi connectivity index (χ3v) is 5.22. The van der Waals surface area contributed by atoms with Crippen LogP contribution in [-0.2, 0) is 0 Å². The van der Waals surface area contributed by atoms with Crippen LogP contribution >= 0.6 is 0 Å². The van der Waals surface area contributed by atoms with E-state index in [9.17, 15) is 9.59 Å². The zero-order valence-electron chi connectivity index (χ0n) is 17.9. The van der Waals surface area contributed by atoms with Gasteiger partial charge in [-0.1, -0.05) is 12.1 Å². The summed E-state index contributed by atoms with van der Waals surface area (Å²) in [7, 11) is 1.46. The highest BCUT2D eigenvalue weighted by molar-refractivity contribution is 6.09. The number of hydrogen-bond acceptors (Lipinski definition) is 6. The maximum atomic E-state index is 12.8. The molecule has 2 amide bonds.